The molecule has 5 nitrogen and oxygen atoms in total. The lowest BCUT2D eigenvalue weighted by Gasteiger charge is -2.36. The summed E-state index contributed by atoms with van der Waals surface area (Å²) in [6, 6.07) is 5.31. The molecule has 0 saturated carbocycles. The lowest BCUT2D eigenvalue weighted by Crippen LogP contribution is -2.46. The molecule has 6 heteroatoms. The molecule has 0 atom stereocenters. The summed E-state index contributed by atoms with van der Waals surface area (Å²) < 4.78 is 18.3. The average molecular weight is 328 g/mol. The van der Waals surface area contributed by atoms with E-state index >= 15 is 0 Å². The van der Waals surface area contributed by atoms with Gasteiger partial charge in [0.25, 0.3) is 0 Å². The summed E-state index contributed by atoms with van der Waals surface area (Å²) in [6.45, 7) is 5.71. The van der Waals surface area contributed by atoms with Crippen LogP contribution >= 0.6 is 0 Å². The molecule has 0 amide bonds. The molecule has 1 aromatic carbocycles. The Morgan fingerprint density at radius 1 is 1.33 bits per heavy atom. The Morgan fingerprint density at radius 2 is 2.08 bits per heavy atom. The monoisotopic (exact) mass is 328 g/mol. The zero-order valence-electron chi connectivity index (χ0n) is 13.7. The van der Waals surface area contributed by atoms with Crippen LogP contribution in [0.3, 0.4) is 0 Å². The molecule has 1 aliphatic heterocycles. The fourth-order valence-electron chi connectivity index (χ4n) is 2.53. The van der Waals surface area contributed by atoms with Crippen LogP contribution in [0, 0.1) is 5.82 Å². The second kappa shape index (κ2) is 5.70. The van der Waals surface area contributed by atoms with Gasteiger partial charge in [0.05, 0.1) is 17.8 Å². The molecule has 0 bridgehead atoms. The van der Waals surface area contributed by atoms with E-state index in [2.05, 4.69) is 4.99 Å². The van der Waals surface area contributed by atoms with Crippen LogP contribution in [0.25, 0.3) is 11.0 Å². The molecule has 0 aliphatic carbocycles. The topological polar surface area (TPSA) is 62.9 Å². The highest BCUT2D eigenvalue weighted by molar-refractivity contribution is 5.99. The summed E-state index contributed by atoms with van der Waals surface area (Å²) in [5.74, 6) is -0.859. The number of benzene rings is 1. The number of fused-ring (bicyclic) bond motifs is 1. The molecule has 0 radical (unpaired) electrons. The molecule has 24 heavy (non-hydrogen) atoms. The molecule has 2 heterocycles. The molecule has 0 N–H and O–H groups in total. The van der Waals surface area contributed by atoms with Crippen LogP contribution in [0.2, 0.25) is 0 Å². The number of nitrogens with zero attached hydrogens (tertiary/aromatic N) is 2. The number of halogens is 1. The third-order valence-corrected chi connectivity index (χ3v) is 3.98. The largest absolute Gasteiger partial charge is 0.422 e. The summed E-state index contributed by atoms with van der Waals surface area (Å²) in [5.41, 5.74) is -0.336. The van der Waals surface area contributed by atoms with Gasteiger partial charge < -0.3 is 9.32 Å². The van der Waals surface area contributed by atoms with E-state index in [0.29, 0.717) is 5.39 Å². The Kier molecular flexibility index (Phi) is 3.83. The molecular weight excluding hydrogens is 311 g/mol. The summed E-state index contributed by atoms with van der Waals surface area (Å²) in [5, 5.41) is 0.505. The van der Waals surface area contributed by atoms with Crippen LogP contribution < -0.4 is 5.63 Å². The van der Waals surface area contributed by atoms with Crippen molar-refractivity contribution in [2.24, 2.45) is 4.99 Å². The second-order valence-corrected chi connectivity index (χ2v) is 6.36. The number of carbonyl (C=O) groups excluding carboxylic acids is 1. The number of Topliss-reactive ketones (excluding diaryl/α,β-unsaturated/α-hetero) is 1. The van der Waals surface area contributed by atoms with Crippen molar-refractivity contribution >= 4 is 23.0 Å². The third-order valence-electron chi connectivity index (χ3n) is 3.98. The Balaban J connectivity index is 1.94. The first-order valence-electron chi connectivity index (χ1n) is 7.53. The molecule has 0 saturated heterocycles. The van der Waals surface area contributed by atoms with Gasteiger partial charge in [-0.2, -0.15) is 0 Å². The molecule has 1 aliphatic rings. The van der Waals surface area contributed by atoms with Crippen molar-refractivity contribution in [3.05, 3.63) is 58.0 Å². The highest BCUT2D eigenvalue weighted by Crippen LogP contribution is 2.21. The number of allylic oxidation sites excluding steroid dienone is 1. The lowest BCUT2D eigenvalue weighted by molar-refractivity contribution is 0.0922. The maximum Gasteiger partial charge on any atom is 0.347 e. The van der Waals surface area contributed by atoms with E-state index in [1.54, 1.807) is 12.4 Å². The minimum Gasteiger partial charge on any atom is -0.422 e. The van der Waals surface area contributed by atoms with E-state index in [1.165, 1.54) is 18.2 Å². The Labute approximate surface area is 138 Å². The van der Waals surface area contributed by atoms with Crippen molar-refractivity contribution in [2.75, 3.05) is 6.54 Å². The van der Waals surface area contributed by atoms with Gasteiger partial charge in [-0.3, -0.25) is 9.79 Å². The van der Waals surface area contributed by atoms with Crippen LogP contribution in [0.4, 0.5) is 4.39 Å². The lowest BCUT2D eigenvalue weighted by atomic mass is 10.0. The maximum atomic E-state index is 13.2. The minimum atomic E-state index is -0.762. The molecule has 0 unspecified atom stereocenters. The van der Waals surface area contributed by atoms with Crippen molar-refractivity contribution in [3.63, 3.8) is 0 Å². The van der Waals surface area contributed by atoms with Gasteiger partial charge >= 0.3 is 5.63 Å². The number of ketones is 1. The number of carbonyl (C=O) groups is 1. The smallest absolute Gasteiger partial charge is 0.347 e. The fraction of sp³-hybridized carbons (Fsp3) is 0.278. The van der Waals surface area contributed by atoms with E-state index in [1.807, 2.05) is 25.7 Å². The second-order valence-electron chi connectivity index (χ2n) is 6.36. The summed E-state index contributed by atoms with van der Waals surface area (Å²) >= 11 is 0. The van der Waals surface area contributed by atoms with Crippen LogP contribution in [-0.2, 0) is 0 Å². The van der Waals surface area contributed by atoms with E-state index in [4.69, 9.17) is 4.42 Å². The van der Waals surface area contributed by atoms with Crippen molar-refractivity contribution < 1.29 is 13.6 Å². The van der Waals surface area contributed by atoms with Crippen molar-refractivity contribution in [1.82, 2.24) is 4.90 Å². The highest BCUT2D eigenvalue weighted by Gasteiger charge is 2.28. The summed E-state index contributed by atoms with van der Waals surface area (Å²) in [6.07, 6.45) is 3.55. The van der Waals surface area contributed by atoms with Gasteiger partial charge in [0.15, 0.2) is 5.78 Å². The first-order valence-corrected chi connectivity index (χ1v) is 7.53. The minimum absolute atomic E-state index is 0.0216. The first-order chi connectivity index (χ1) is 11.3. The Bertz CT molecular complexity index is 941. The zero-order valence-corrected chi connectivity index (χ0v) is 13.7. The van der Waals surface area contributed by atoms with Gasteiger partial charge in [0.2, 0.25) is 0 Å². The Hall–Kier alpha value is -2.76. The van der Waals surface area contributed by atoms with E-state index in [-0.39, 0.29) is 23.5 Å². The van der Waals surface area contributed by atoms with Gasteiger partial charge in [-0.1, -0.05) is 0 Å². The fourth-order valence-corrected chi connectivity index (χ4v) is 2.53. The Morgan fingerprint density at radius 3 is 2.83 bits per heavy atom. The van der Waals surface area contributed by atoms with Crippen LogP contribution in [-0.4, -0.2) is 29.0 Å². The van der Waals surface area contributed by atoms with Crippen molar-refractivity contribution in [2.45, 2.75) is 26.3 Å². The predicted octanol–water partition coefficient (Wildman–Crippen LogP) is 3.14. The van der Waals surface area contributed by atoms with Crippen LogP contribution in [0.1, 0.15) is 31.1 Å². The van der Waals surface area contributed by atoms with Crippen LogP contribution in [0.15, 0.2) is 50.4 Å². The van der Waals surface area contributed by atoms with Gasteiger partial charge in [0, 0.05) is 23.9 Å². The maximum absolute atomic E-state index is 13.2. The number of aliphatic imine (C=N–C) groups is 1. The molecule has 1 aromatic heterocycles. The molecule has 124 valence electrons. The molecule has 3 rings (SSSR count). The van der Waals surface area contributed by atoms with Crippen molar-refractivity contribution in [3.8, 4) is 0 Å². The normalized spacial score (nSPS) is 16.3. The third kappa shape index (κ3) is 2.99. The molecule has 0 fully saturated rings. The quantitative estimate of drug-likeness (QED) is 0.641. The van der Waals surface area contributed by atoms with Crippen molar-refractivity contribution in [1.29, 1.82) is 0 Å². The predicted molar refractivity (Wildman–Crippen MR) is 89.8 cm³/mol. The number of hydrogen-bond donors (Lipinski definition) is 0. The first kappa shape index (κ1) is 16.1. The summed E-state index contributed by atoms with van der Waals surface area (Å²) in [7, 11) is 0. The van der Waals surface area contributed by atoms with Gasteiger partial charge in [0.1, 0.15) is 17.0 Å². The van der Waals surface area contributed by atoms with E-state index in [9.17, 15) is 14.0 Å². The highest BCUT2D eigenvalue weighted by atomic mass is 19.1. The average Bonchev–Trinajstić information content (AvgIpc) is 2.50. The standard InChI is InChI=1S/C18H17FN2O3/c1-11-8-21(18(2,3)10-20-11)9-15(22)14-6-12-4-5-13(19)7-16(12)24-17(14)23/h4-8,10H,9H2,1-3H3. The molecule has 0 spiro atoms. The van der Waals surface area contributed by atoms with E-state index in [0.717, 1.165) is 11.8 Å². The van der Waals surface area contributed by atoms with Gasteiger partial charge in [-0.25, -0.2) is 9.18 Å². The zero-order chi connectivity index (χ0) is 17.5. The summed E-state index contributed by atoms with van der Waals surface area (Å²) in [4.78, 5) is 30.7. The van der Waals surface area contributed by atoms with Gasteiger partial charge in [-0.05, 0) is 39.0 Å². The van der Waals surface area contributed by atoms with E-state index < -0.39 is 17.0 Å². The molecular formula is C18H17FN2O3. The van der Waals surface area contributed by atoms with Crippen LogP contribution in [0.5, 0.6) is 0 Å². The number of hydrogen-bond acceptors (Lipinski definition) is 5. The SMILES string of the molecule is CC1=CN(CC(=O)c2cc3ccc(F)cc3oc2=O)C(C)(C)C=N1. The molecule has 2 aromatic rings. The number of rotatable bonds is 3. The van der Waals surface area contributed by atoms with Gasteiger partial charge in [-0.15, -0.1) is 0 Å².